The number of halogens is 2. The first-order valence-corrected chi connectivity index (χ1v) is 8.71. The maximum atomic E-state index is 10.8. The summed E-state index contributed by atoms with van der Waals surface area (Å²) in [6.45, 7) is 0.0796. The Labute approximate surface area is 169 Å². The molecule has 4 rings (SSSR count). The Morgan fingerprint density at radius 2 is 2.15 bits per heavy atom. The number of rotatable bonds is 5. The number of imidazole rings is 1. The van der Waals surface area contributed by atoms with Gasteiger partial charge in [0.1, 0.15) is 5.03 Å². The molecule has 3 aromatic heterocycles. The second-order valence-electron chi connectivity index (χ2n) is 4.96. The number of benzene rings is 1. The molecule has 0 saturated heterocycles. The van der Waals surface area contributed by atoms with Crippen molar-refractivity contribution < 1.29 is 4.79 Å². The summed E-state index contributed by atoms with van der Waals surface area (Å²) in [5.74, 6) is 0.267. The topological polar surface area (TPSA) is 98.2 Å². The van der Waals surface area contributed by atoms with Crippen LogP contribution in [0.25, 0.3) is 16.0 Å². The summed E-state index contributed by atoms with van der Waals surface area (Å²) in [5.41, 5.74) is 6.02. The van der Waals surface area contributed by atoms with Crippen molar-refractivity contribution in [3.8, 4) is 0 Å². The van der Waals surface area contributed by atoms with E-state index in [0.29, 0.717) is 10.9 Å². The Balaban J connectivity index is 0.00000121. The number of nitrogens with zero attached hydrogens (tertiary/aromatic N) is 4. The van der Waals surface area contributed by atoms with Gasteiger partial charge in [-0.1, -0.05) is 23.1 Å². The zero-order valence-electron chi connectivity index (χ0n) is 13.2. The van der Waals surface area contributed by atoms with Gasteiger partial charge < -0.3 is 11.1 Å². The largest absolute Gasteiger partial charge is 0.368 e. The first-order valence-electron chi connectivity index (χ1n) is 7.08. The smallest absolute Gasteiger partial charge is 0.236 e. The van der Waals surface area contributed by atoms with Crippen LogP contribution in [0.1, 0.15) is 0 Å². The van der Waals surface area contributed by atoms with Crippen LogP contribution in [0.2, 0.25) is 0 Å². The highest BCUT2D eigenvalue weighted by Crippen LogP contribution is 2.33. The minimum atomic E-state index is -0.410. The highest BCUT2D eigenvalue weighted by Gasteiger charge is 2.09. The number of nitrogens with one attached hydrogen (secondary N) is 1. The zero-order chi connectivity index (χ0) is 16.5. The molecule has 26 heavy (non-hydrogen) atoms. The summed E-state index contributed by atoms with van der Waals surface area (Å²) in [5, 5.41) is 4.61. The fourth-order valence-corrected chi connectivity index (χ4v) is 4.08. The standard InChI is InChI=1S/C15H12N6OS2.2ClH/c16-12(22)7-19-15-20-10-3-2-9(6-11(10)24-15)23-13-8-18-14-17-4-1-5-21(13)14;;/h1-6,8H,7H2,(H2,16,22)(H,19,20);2*1H. The Bertz CT molecular complexity index is 1050. The van der Waals surface area contributed by atoms with Gasteiger partial charge in [-0.05, 0) is 24.3 Å². The fraction of sp³-hybridized carbons (Fsp3) is 0.0667. The number of hydrogen-bond donors (Lipinski definition) is 2. The molecular formula is C15H14Cl2N6OS2. The Morgan fingerprint density at radius 3 is 2.96 bits per heavy atom. The lowest BCUT2D eigenvalue weighted by Gasteiger charge is -2.01. The van der Waals surface area contributed by atoms with Gasteiger partial charge in [0.2, 0.25) is 11.7 Å². The number of aromatic nitrogens is 4. The summed E-state index contributed by atoms with van der Waals surface area (Å²) in [7, 11) is 0. The van der Waals surface area contributed by atoms with Gasteiger partial charge in [0.05, 0.1) is 23.0 Å². The minimum Gasteiger partial charge on any atom is -0.368 e. The van der Waals surface area contributed by atoms with E-state index >= 15 is 0 Å². The highest BCUT2D eigenvalue weighted by molar-refractivity contribution is 7.99. The quantitative estimate of drug-likeness (QED) is 0.506. The number of nitrogens with two attached hydrogens (primary N) is 1. The number of primary amides is 1. The summed E-state index contributed by atoms with van der Waals surface area (Å²) < 4.78 is 2.99. The molecule has 0 fully saturated rings. The van der Waals surface area contributed by atoms with Crippen molar-refractivity contribution in [2.45, 2.75) is 9.92 Å². The monoisotopic (exact) mass is 428 g/mol. The van der Waals surface area contributed by atoms with E-state index in [-0.39, 0.29) is 31.4 Å². The molecule has 0 radical (unpaired) electrons. The van der Waals surface area contributed by atoms with Gasteiger partial charge in [-0.25, -0.2) is 15.0 Å². The molecule has 0 atom stereocenters. The molecule has 0 spiro atoms. The molecule has 0 aliphatic heterocycles. The van der Waals surface area contributed by atoms with Gasteiger partial charge in [-0.3, -0.25) is 9.20 Å². The molecule has 1 amide bonds. The van der Waals surface area contributed by atoms with E-state index in [1.165, 1.54) is 11.3 Å². The molecule has 0 aliphatic rings. The predicted octanol–water partition coefficient (Wildman–Crippen LogP) is 3.23. The fourth-order valence-electron chi connectivity index (χ4n) is 2.21. The molecule has 3 N–H and O–H groups in total. The van der Waals surface area contributed by atoms with Crippen LogP contribution in [0.5, 0.6) is 0 Å². The van der Waals surface area contributed by atoms with Crippen LogP contribution in [0.4, 0.5) is 5.13 Å². The number of carbonyl (C=O) groups is 1. The summed E-state index contributed by atoms with van der Waals surface area (Å²) >= 11 is 3.10. The van der Waals surface area contributed by atoms with Crippen LogP contribution in [0.15, 0.2) is 52.8 Å². The van der Waals surface area contributed by atoms with Crippen LogP contribution in [-0.2, 0) is 4.79 Å². The summed E-state index contributed by atoms with van der Waals surface area (Å²) in [6.07, 6.45) is 5.47. The van der Waals surface area contributed by atoms with E-state index in [4.69, 9.17) is 5.73 Å². The Morgan fingerprint density at radius 1 is 1.31 bits per heavy atom. The lowest BCUT2D eigenvalue weighted by Crippen LogP contribution is -2.21. The van der Waals surface area contributed by atoms with Gasteiger partial charge in [-0.15, -0.1) is 24.8 Å². The molecule has 7 nitrogen and oxygen atoms in total. The maximum absolute atomic E-state index is 10.8. The van der Waals surface area contributed by atoms with Crippen molar-refractivity contribution in [2.75, 3.05) is 11.9 Å². The summed E-state index contributed by atoms with van der Waals surface area (Å²) in [6, 6.07) is 7.93. The first-order chi connectivity index (χ1) is 11.7. The molecule has 4 aromatic rings. The molecule has 0 aliphatic carbocycles. The van der Waals surface area contributed by atoms with Gasteiger partial charge in [0.25, 0.3) is 0 Å². The number of anilines is 1. The Hall–Kier alpha value is -2.07. The van der Waals surface area contributed by atoms with Gasteiger partial charge in [0, 0.05) is 17.3 Å². The molecular weight excluding hydrogens is 415 g/mol. The number of hydrogen-bond acceptors (Lipinski definition) is 7. The lowest BCUT2D eigenvalue weighted by molar-refractivity contribution is -0.116. The highest BCUT2D eigenvalue weighted by atomic mass is 35.5. The number of amides is 1. The van der Waals surface area contributed by atoms with Crippen molar-refractivity contribution >= 4 is 74.9 Å². The number of carbonyl (C=O) groups excluding carboxylic acids is 1. The first kappa shape index (κ1) is 20.2. The van der Waals surface area contributed by atoms with Gasteiger partial charge in [-0.2, -0.15) is 0 Å². The number of fused-ring (bicyclic) bond motifs is 2. The van der Waals surface area contributed by atoms with Crippen molar-refractivity contribution in [2.24, 2.45) is 5.73 Å². The van der Waals surface area contributed by atoms with E-state index in [2.05, 4.69) is 26.3 Å². The second kappa shape index (κ2) is 8.54. The van der Waals surface area contributed by atoms with Gasteiger partial charge >= 0.3 is 0 Å². The number of thiazole rings is 1. The third-order valence-corrected chi connectivity index (χ3v) is 5.23. The minimum absolute atomic E-state index is 0. The molecule has 1 aromatic carbocycles. The average Bonchev–Trinajstić information content (AvgIpc) is 3.17. The molecule has 0 unspecified atom stereocenters. The maximum Gasteiger partial charge on any atom is 0.236 e. The molecule has 0 bridgehead atoms. The third kappa shape index (κ3) is 4.18. The Kier molecular flexibility index (Phi) is 6.65. The van der Waals surface area contributed by atoms with Gasteiger partial charge in [0.15, 0.2) is 5.13 Å². The van der Waals surface area contributed by atoms with E-state index < -0.39 is 5.91 Å². The normalized spacial score (nSPS) is 10.3. The van der Waals surface area contributed by atoms with E-state index in [1.54, 1.807) is 18.0 Å². The van der Waals surface area contributed by atoms with Crippen molar-refractivity contribution in [1.29, 1.82) is 0 Å². The third-order valence-electron chi connectivity index (χ3n) is 3.25. The van der Waals surface area contributed by atoms with Crippen molar-refractivity contribution in [3.63, 3.8) is 0 Å². The van der Waals surface area contributed by atoms with Crippen molar-refractivity contribution in [3.05, 3.63) is 42.9 Å². The molecule has 0 saturated carbocycles. The average molecular weight is 429 g/mol. The second-order valence-corrected chi connectivity index (χ2v) is 7.08. The van der Waals surface area contributed by atoms with Crippen LogP contribution < -0.4 is 11.1 Å². The van der Waals surface area contributed by atoms with Crippen LogP contribution in [0, 0.1) is 0 Å². The van der Waals surface area contributed by atoms with Crippen LogP contribution in [-0.4, -0.2) is 31.8 Å². The zero-order valence-corrected chi connectivity index (χ0v) is 16.4. The molecule has 136 valence electrons. The van der Waals surface area contributed by atoms with Crippen LogP contribution >= 0.6 is 47.9 Å². The molecule has 11 heteroatoms. The lowest BCUT2D eigenvalue weighted by atomic mass is 10.3. The van der Waals surface area contributed by atoms with E-state index in [1.807, 2.05) is 35.0 Å². The van der Waals surface area contributed by atoms with E-state index in [0.717, 1.165) is 20.1 Å². The van der Waals surface area contributed by atoms with Crippen molar-refractivity contribution in [1.82, 2.24) is 19.4 Å². The SMILES string of the molecule is Cl.Cl.NC(=O)CNc1nc2ccc(Sc3cnc4ncccn34)cc2s1. The van der Waals surface area contributed by atoms with E-state index in [9.17, 15) is 4.79 Å². The molecule has 3 heterocycles. The summed E-state index contributed by atoms with van der Waals surface area (Å²) in [4.78, 5) is 24.9. The van der Waals surface area contributed by atoms with Crippen LogP contribution in [0.3, 0.4) is 0 Å². The predicted molar refractivity (Wildman–Crippen MR) is 109 cm³/mol.